The lowest BCUT2D eigenvalue weighted by Crippen LogP contribution is -2.22. The Morgan fingerprint density at radius 3 is 2.79 bits per heavy atom. The molecule has 1 heterocycles. The number of nitrogens with zero attached hydrogens (tertiary/aromatic N) is 1. The molecule has 0 unspecified atom stereocenters. The summed E-state index contributed by atoms with van der Waals surface area (Å²) in [5.74, 6) is -1.49. The average molecular weight is 280 g/mol. The van der Waals surface area contributed by atoms with Crippen molar-refractivity contribution in [1.29, 1.82) is 0 Å². The maximum Gasteiger partial charge on any atom is 0.304 e. The van der Waals surface area contributed by atoms with Crippen LogP contribution in [0.15, 0.2) is 35.7 Å². The maximum atomic E-state index is 13.4. The normalized spacial score (nSPS) is 10.2. The standard InChI is InChI=1S/C12H9FN2O3S/c13-10-6-8(3-4-11(10)15(17)18)12(16)14-7-9-2-1-5-19-9/h1-6H,7H2,(H,14,16). The highest BCUT2D eigenvalue weighted by Gasteiger charge is 2.16. The number of nitro benzene ring substituents is 1. The Bertz CT molecular complexity index is 613. The summed E-state index contributed by atoms with van der Waals surface area (Å²) in [6.07, 6.45) is 0. The summed E-state index contributed by atoms with van der Waals surface area (Å²) in [5, 5.41) is 14.9. The van der Waals surface area contributed by atoms with Gasteiger partial charge in [0.1, 0.15) is 0 Å². The van der Waals surface area contributed by atoms with Crippen LogP contribution in [-0.4, -0.2) is 10.8 Å². The van der Waals surface area contributed by atoms with Crippen molar-refractivity contribution in [3.8, 4) is 0 Å². The van der Waals surface area contributed by atoms with Crippen molar-refractivity contribution < 1.29 is 14.1 Å². The zero-order valence-electron chi connectivity index (χ0n) is 9.63. The first-order valence-electron chi connectivity index (χ1n) is 5.32. The Labute approximate surface area is 111 Å². The van der Waals surface area contributed by atoms with Crippen molar-refractivity contribution in [2.45, 2.75) is 6.54 Å². The summed E-state index contributed by atoms with van der Waals surface area (Å²) < 4.78 is 13.4. The second-order valence-corrected chi connectivity index (χ2v) is 4.72. The highest BCUT2D eigenvalue weighted by atomic mass is 32.1. The quantitative estimate of drug-likeness (QED) is 0.691. The van der Waals surface area contributed by atoms with E-state index >= 15 is 0 Å². The summed E-state index contributed by atoms with van der Waals surface area (Å²) in [7, 11) is 0. The van der Waals surface area contributed by atoms with Crippen LogP contribution < -0.4 is 5.32 Å². The lowest BCUT2D eigenvalue weighted by molar-refractivity contribution is -0.387. The second-order valence-electron chi connectivity index (χ2n) is 3.69. The number of amides is 1. The van der Waals surface area contributed by atoms with Gasteiger partial charge >= 0.3 is 5.69 Å². The molecule has 0 saturated carbocycles. The molecule has 19 heavy (non-hydrogen) atoms. The van der Waals surface area contributed by atoms with Gasteiger partial charge in [-0.25, -0.2) is 0 Å². The molecule has 0 radical (unpaired) electrons. The van der Waals surface area contributed by atoms with E-state index in [2.05, 4.69) is 5.32 Å². The van der Waals surface area contributed by atoms with Crippen LogP contribution in [0.4, 0.5) is 10.1 Å². The van der Waals surface area contributed by atoms with E-state index in [9.17, 15) is 19.3 Å². The summed E-state index contributed by atoms with van der Waals surface area (Å²) in [6.45, 7) is 0.342. The molecule has 2 rings (SSSR count). The van der Waals surface area contributed by atoms with Crippen LogP contribution in [0.2, 0.25) is 0 Å². The van der Waals surface area contributed by atoms with Crippen LogP contribution in [-0.2, 0) is 6.54 Å². The van der Waals surface area contributed by atoms with Gasteiger partial charge in [0.05, 0.1) is 11.5 Å². The van der Waals surface area contributed by atoms with E-state index in [0.717, 1.165) is 17.0 Å². The van der Waals surface area contributed by atoms with Crippen LogP contribution in [0.3, 0.4) is 0 Å². The van der Waals surface area contributed by atoms with E-state index in [-0.39, 0.29) is 5.56 Å². The number of rotatable bonds is 4. The van der Waals surface area contributed by atoms with Gasteiger partial charge in [-0.3, -0.25) is 14.9 Å². The summed E-state index contributed by atoms with van der Waals surface area (Å²) in [6, 6.07) is 6.79. The SMILES string of the molecule is O=C(NCc1cccs1)c1ccc([N+](=O)[O-])c(F)c1. The topological polar surface area (TPSA) is 72.2 Å². The Morgan fingerprint density at radius 1 is 1.42 bits per heavy atom. The molecule has 5 nitrogen and oxygen atoms in total. The fourth-order valence-electron chi connectivity index (χ4n) is 1.48. The molecule has 0 bridgehead atoms. The minimum atomic E-state index is -1.02. The van der Waals surface area contributed by atoms with E-state index in [1.54, 1.807) is 0 Å². The number of carbonyl (C=O) groups excluding carboxylic acids is 1. The van der Waals surface area contributed by atoms with Gasteiger partial charge < -0.3 is 5.32 Å². The number of hydrogen-bond acceptors (Lipinski definition) is 4. The van der Waals surface area contributed by atoms with Crippen molar-refractivity contribution in [2.24, 2.45) is 0 Å². The van der Waals surface area contributed by atoms with Gasteiger partial charge in [0.25, 0.3) is 5.91 Å². The predicted octanol–water partition coefficient (Wildman–Crippen LogP) is 2.73. The molecule has 0 aliphatic heterocycles. The monoisotopic (exact) mass is 280 g/mol. The third-order valence-corrected chi connectivity index (χ3v) is 3.29. The molecule has 0 saturated heterocycles. The Hall–Kier alpha value is -2.28. The molecule has 1 aromatic heterocycles. The zero-order valence-corrected chi connectivity index (χ0v) is 10.4. The van der Waals surface area contributed by atoms with Crippen molar-refractivity contribution in [1.82, 2.24) is 5.32 Å². The minimum absolute atomic E-state index is 0.0552. The lowest BCUT2D eigenvalue weighted by Gasteiger charge is -2.04. The number of thiophene rings is 1. The summed E-state index contributed by atoms with van der Waals surface area (Å²) in [4.78, 5) is 22.3. The highest BCUT2D eigenvalue weighted by molar-refractivity contribution is 7.09. The van der Waals surface area contributed by atoms with Crippen LogP contribution >= 0.6 is 11.3 Å². The number of nitro groups is 1. The lowest BCUT2D eigenvalue weighted by atomic mass is 10.2. The molecular formula is C12H9FN2O3S. The van der Waals surface area contributed by atoms with E-state index in [4.69, 9.17) is 0 Å². The maximum absolute atomic E-state index is 13.4. The van der Waals surface area contributed by atoms with Gasteiger partial charge in [0.2, 0.25) is 5.82 Å². The number of halogens is 1. The minimum Gasteiger partial charge on any atom is -0.347 e. The molecule has 1 aromatic carbocycles. The van der Waals surface area contributed by atoms with Crippen molar-refractivity contribution >= 4 is 22.9 Å². The van der Waals surface area contributed by atoms with Crippen LogP contribution in [0.25, 0.3) is 0 Å². The van der Waals surface area contributed by atoms with E-state index in [1.165, 1.54) is 17.4 Å². The molecule has 1 N–H and O–H groups in total. The van der Waals surface area contributed by atoms with Gasteiger partial charge in [-0.2, -0.15) is 4.39 Å². The second kappa shape index (κ2) is 5.57. The largest absolute Gasteiger partial charge is 0.347 e. The fraction of sp³-hybridized carbons (Fsp3) is 0.0833. The van der Waals surface area contributed by atoms with Crippen LogP contribution in [0.1, 0.15) is 15.2 Å². The molecule has 2 aromatic rings. The van der Waals surface area contributed by atoms with Crippen molar-refractivity contribution in [3.63, 3.8) is 0 Å². The summed E-state index contributed by atoms with van der Waals surface area (Å²) >= 11 is 1.49. The number of nitrogens with one attached hydrogen (secondary N) is 1. The molecule has 7 heteroatoms. The Kier molecular flexibility index (Phi) is 3.86. The molecule has 98 valence electrons. The van der Waals surface area contributed by atoms with Gasteiger partial charge in [-0.05, 0) is 23.6 Å². The van der Waals surface area contributed by atoms with Gasteiger partial charge in [-0.15, -0.1) is 11.3 Å². The smallest absolute Gasteiger partial charge is 0.304 e. The van der Waals surface area contributed by atoms with Crippen molar-refractivity contribution in [3.05, 3.63) is 62.1 Å². The first-order chi connectivity index (χ1) is 9.08. The average Bonchev–Trinajstić information content (AvgIpc) is 2.88. The van der Waals surface area contributed by atoms with Gasteiger partial charge in [-0.1, -0.05) is 6.07 Å². The van der Waals surface area contributed by atoms with Crippen LogP contribution in [0.5, 0.6) is 0 Å². The molecular weight excluding hydrogens is 271 g/mol. The highest BCUT2D eigenvalue weighted by Crippen LogP contribution is 2.18. The van der Waals surface area contributed by atoms with E-state index < -0.39 is 22.3 Å². The molecule has 0 fully saturated rings. The van der Waals surface area contributed by atoms with Crippen LogP contribution in [0, 0.1) is 15.9 Å². The van der Waals surface area contributed by atoms with Gasteiger partial charge in [0.15, 0.2) is 0 Å². The predicted molar refractivity (Wildman–Crippen MR) is 68.5 cm³/mol. The molecule has 1 amide bonds. The summed E-state index contributed by atoms with van der Waals surface area (Å²) in [5.41, 5.74) is -0.588. The van der Waals surface area contributed by atoms with E-state index in [1.807, 2.05) is 17.5 Å². The van der Waals surface area contributed by atoms with Gasteiger partial charge in [0, 0.05) is 16.5 Å². The van der Waals surface area contributed by atoms with Crippen molar-refractivity contribution in [2.75, 3.05) is 0 Å². The molecule has 0 atom stereocenters. The van der Waals surface area contributed by atoms with E-state index in [0.29, 0.717) is 6.54 Å². The molecule has 0 aliphatic carbocycles. The Balaban J connectivity index is 2.07. The number of benzene rings is 1. The first kappa shape index (κ1) is 13.2. The third kappa shape index (κ3) is 3.14. The third-order valence-electron chi connectivity index (χ3n) is 2.41. The number of hydrogen-bond donors (Lipinski definition) is 1. The fourth-order valence-corrected chi connectivity index (χ4v) is 2.12. The first-order valence-corrected chi connectivity index (χ1v) is 6.20. The number of carbonyl (C=O) groups is 1. The molecule has 0 spiro atoms. The molecule has 0 aliphatic rings. The Morgan fingerprint density at radius 2 is 2.21 bits per heavy atom. The zero-order chi connectivity index (χ0) is 13.8.